The minimum Gasteiger partial charge on any atom is -0.479 e. The van der Waals surface area contributed by atoms with Crippen LogP contribution in [0.25, 0.3) is 0 Å². The number of hydrogen-bond donors (Lipinski definition) is 5. The first-order chi connectivity index (χ1) is 9.17. The Hall–Kier alpha value is -0.730. The molecule has 1 fully saturated rings. The average molecular weight is 292 g/mol. The molecule has 1 aliphatic rings. The highest BCUT2D eigenvalue weighted by molar-refractivity contribution is 5.78. The van der Waals surface area contributed by atoms with Crippen LogP contribution in [0, 0.1) is 11.8 Å². The van der Waals surface area contributed by atoms with Crippen LogP contribution in [0.5, 0.6) is 0 Å². The number of aliphatic carboxylic acids is 1. The highest BCUT2D eigenvalue weighted by atomic mass is 16.6. The SMILES string of the molecule is CC(C)[C@]1(C(=O)O)C[C@@H](O)[C@@H](C)C([C@H](O)[C@H](O)CO)O1. The number of rotatable bonds is 5. The zero-order valence-corrected chi connectivity index (χ0v) is 11.9. The number of ether oxygens (including phenoxy) is 1. The average Bonchev–Trinajstić information content (AvgIpc) is 2.39. The summed E-state index contributed by atoms with van der Waals surface area (Å²) in [6.45, 7) is 4.24. The Labute approximate surface area is 117 Å². The molecule has 0 amide bonds. The fourth-order valence-electron chi connectivity index (χ4n) is 2.58. The number of hydrogen-bond acceptors (Lipinski definition) is 6. The summed E-state index contributed by atoms with van der Waals surface area (Å²) in [6, 6.07) is 0. The molecule has 7 heteroatoms. The van der Waals surface area contributed by atoms with E-state index >= 15 is 0 Å². The zero-order chi connectivity index (χ0) is 15.7. The van der Waals surface area contributed by atoms with E-state index in [-0.39, 0.29) is 6.42 Å². The lowest BCUT2D eigenvalue weighted by molar-refractivity contribution is -0.247. The number of carboxylic acids is 1. The molecule has 0 radical (unpaired) electrons. The quantitative estimate of drug-likeness (QED) is 0.438. The van der Waals surface area contributed by atoms with Crippen molar-refractivity contribution in [2.45, 2.75) is 57.2 Å². The Morgan fingerprint density at radius 1 is 1.40 bits per heavy atom. The minimum absolute atomic E-state index is 0.0837. The summed E-state index contributed by atoms with van der Waals surface area (Å²) in [5.74, 6) is -2.20. The van der Waals surface area contributed by atoms with Crippen molar-refractivity contribution in [2.24, 2.45) is 11.8 Å². The van der Waals surface area contributed by atoms with E-state index in [0.29, 0.717) is 0 Å². The van der Waals surface area contributed by atoms with Crippen molar-refractivity contribution in [3.05, 3.63) is 0 Å². The maximum absolute atomic E-state index is 11.5. The first kappa shape index (κ1) is 17.3. The highest BCUT2D eigenvalue weighted by Crippen LogP contribution is 2.39. The van der Waals surface area contributed by atoms with E-state index in [9.17, 15) is 25.2 Å². The molecule has 0 aromatic carbocycles. The van der Waals surface area contributed by atoms with Gasteiger partial charge in [0.15, 0.2) is 5.60 Å². The third-order valence-electron chi connectivity index (χ3n) is 4.20. The molecule has 1 aliphatic heterocycles. The maximum atomic E-state index is 11.5. The van der Waals surface area contributed by atoms with Crippen molar-refractivity contribution in [1.82, 2.24) is 0 Å². The van der Waals surface area contributed by atoms with Crippen LogP contribution in [-0.2, 0) is 9.53 Å². The number of carboxylic acid groups (broad SMARTS) is 1. The van der Waals surface area contributed by atoms with Gasteiger partial charge in [-0.3, -0.25) is 0 Å². The summed E-state index contributed by atoms with van der Waals surface area (Å²) >= 11 is 0. The second-order valence-corrected chi connectivity index (χ2v) is 5.80. The first-order valence-electron chi connectivity index (χ1n) is 6.73. The van der Waals surface area contributed by atoms with Crippen molar-refractivity contribution in [2.75, 3.05) is 6.61 Å². The van der Waals surface area contributed by atoms with Crippen molar-refractivity contribution in [1.29, 1.82) is 0 Å². The molecule has 6 atom stereocenters. The fourth-order valence-corrected chi connectivity index (χ4v) is 2.58. The van der Waals surface area contributed by atoms with Crippen LogP contribution >= 0.6 is 0 Å². The fraction of sp³-hybridized carbons (Fsp3) is 0.923. The lowest BCUT2D eigenvalue weighted by atomic mass is 9.76. The van der Waals surface area contributed by atoms with E-state index < -0.39 is 54.4 Å². The lowest BCUT2D eigenvalue weighted by Gasteiger charge is -2.47. The van der Waals surface area contributed by atoms with Crippen LogP contribution in [0.3, 0.4) is 0 Å². The normalized spacial score (nSPS) is 37.7. The van der Waals surface area contributed by atoms with Gasteiger partial charge in [-0.05, 0) is 5.92 Å². The van der Waals surface area contributed by atoms with E-state index in [1.807, 2.05) is 0 Å². The Balaban J connectivity index is 3.09. The van der Waals surface area contributed by atoms with E-state index in [1.54, 1.807) is 20.8 Å². The third kappa shape index (κ3) is 2.96. The van der Waals surface area contributed by atoms with Gasteiger partial charge in [-0.1, -0.05) is 20.8 Å². The van der Waals surface area contributed by atoms with Gasteiger partial charge in [-0.2, -0.15) is 0 Å². The third-order valence-corrected chi connectivity index (χ3v) is 4.20. The molecule has 20 heavy (non-hydrogen) atoms. The van der Waals surface area contributed by atoms with Crippen LogP contribution in [0.4, 0.5) is 0 Å². The monoisotopic (exact) mass is 292 g/mol. The topological polar surface area (TPSA) is 127 Å². The molecule has 0 saturated carbocycles. The van der Waals surface area contributed by atoms with Gasteiger partial charge in [0.1, 0.15) is 12.2 Å². The van der Waals surface area contributed by atoms with Crippen molar-refractivity contribution < 1.29 is 35.1 Å². The molecule has 0 aromatic heterocycles. The number of aliphatic hydroxyl groups is 4. The van der Waals surface area contributed by atoms with E-state index in [1.165, 1.54) is 0 Å². The predicted octanol–water partition coefficient (Wildman–Crippen LogP) is -1.03. The second kappa shape index (κ2) is 6.36. The van der Waals surface area contributed by atoms with Gasteiger partial charge in [0, 0.05) is 12.3 Å². The summed E-state index contributed by atoms with van der Waals surface area (Å²) < 4.78 is 5.58. The van der Waals surface area contributed by atoms with Crippen molar-refractivity contribution in [3.63, 3.8) is 0 Å². The second-order valence-electron chi connectivity index (χ2n) is 5.80. The van der Waals surface area contributed by atoms with Gasteiger partial charge in [-0.25, -0.2) is 4.79 Å². The molecule has 1 heterocycles. The Bertz CT molecular complexity index is 346. The first-order valence-corrected chi connectivity index (χ1v) is 6.73. The molecule has 0 bridgehead atoms. The summed E-state index contributed by atoms with van der Waals surface area (Å²) in [7, 11) is 0. The van der Waals surface area contributed by atoms with Gasteiger partial charge in [0.05, 0.1) is 18.8 Å². The molecule has 0 aliphatic carbocycles. The molecule has 7 nitrogen and oxygen atoms in total. The standard InChI is InChI=1S/C13H24O7/c1-6(2)13(12(18)19)4-8(15)7(3)11(20-13)10(17)9(16)5-14/h6-11,14-17H,4-5H2,1-3H3,(H,18,19)/t7-,8-,9-,10-,11?,13+/m1/s1. The van der Waals surface area contributed by atoms with Crippen LogP contribution in [0.1, 0.15) is 27.2 Å². The van der Waals surface area contributed by atoms with Crippen LogP contribution in [-0.4, -0.2) is 68.1 Å². The van der Waals surface area contributed by atoms with Gasteiger partial charge in [0.2, 0.25) is 0 Å². The summed E-state index contributed by atoms with van der Waals surface area (Å²) in [6.07, 6.45) is -5.05. The van der Waals surface area contributed by atoms with Crippen LogP contribution in [0.2, 0.25) is 0 Å². The summed E-state index contributed by atoms with van der Waals surface area (Å²) in [4.78, 5) is 11.5. The van der Waals surface area contributed by atoms with Gasteiger partial charge < -0.3 is 30.3 Å². The highest BCUT2D eigenvalue weighted by Gasteiger charge is 2.54. The Morgan fingerprint density at radius 2 is 1.95 bits per heavy atom. The number of aliphatic hydroxyl groups excluding tert-OH is 4. The number of carbonyl (C=O) groups is 1. The maximum Gasteiger partial charge on any atom is 0.336 e. The largest absolute Gasteiger partial charge is 0.479 e. The predicted molar refractivity (Wildman–Crippen MR) is 69.0 cm³/mol. The summed E-state index contributed by atoms with van der Waals surface area (Å²) in [5, 5.41) is 47.9. The van der Waals surface area contributed by atoms with E-state index in [0.717, 1.165) is 0 Å². The van der Waals surface area contributed by atoms with Crippen molar-refractivity contribution in [3.8, 4) is 0 Å². The Morgan fingerprint density at radius 3 is 2.35 bits per heavy atom. The van der Waals surface area contributed by atoms with Gasteiger partial charge >= 0.3 is 5.97 Å². The van der Waals surface area contributed by atoms with Gasteiger partial charge in [0.25, 0.3) is 0 Å². The smallest absolute Gasteiger partial charge is 0.336 e. The Kier molecular flexibility index (Phi) is 5.51. The minimum atomic E-state index is -1.62. The van der Waals surface area contributed by atoms with Crippen molar-refractivity contribution >= 4 is 5.97 Å². The van der Waals surface area contributed by atoms with E-state index in [4.69, 9.17) is 9.84 Å². The molecular weight excluding hydrogens is 268 g/mol. The van der Waals surface area contributed by atoms with Crippen LogP contribution < -0.4 is 0 Å². The summed E-state index contributed by atoms with van der Waals surface area (Å²) in [5.41, 5.74) is -1.62. The molecule has 1 unspecified atom stereocenters. The lowest BCUT2D eigenvalue weighted by Crippen LogP contribution is -2.62. The van der Waals surface area contributed by atoms with Gasteiger partial charge in [-0.15, -0.1) is 0 Å². The molecular formula is C13H24O7. The van der Waals surface area contributed by atoms with Crippen LogP contribution in [0.15, 0.2) is 0 Å². The molecule has 0 spiro atoms. The molecule has 1 saturated heterocycles. The van der Waals surface area contributed by atoms with E-state index in [2.05, 4.69) is 0 Å². The zero-order valence-electron chi connectivity index (χ0n) is 11.9. The molecule has 5 N–H and O–H groups in total. The molecule has 0 aromatic rings. The molecule has 1 rings (SSSR count). The molecule has 118 valence electrons.